The minimum atomic E-state index is -0.734. The highest BCUT2D eigenvalue weighted by Crippen LogP contribution is 2.32. The van der Waals surface area contributed by atoms with Crippen LogP contribution in [0.1, 0.15) is 22.8 Å². The zero-order valence-electron chi connectivity index (χ0n) is 18.9. The maximum atomic E-state index is 14.4. The number of carbonyl (C=O) groups excluding carboxylic acids is 1. The molecular weight excluding hydrogens is 437 g/mol. The van der Waals surface area contributed by atoms with Gasteiger partial charge in [0.1, 0.15) is 18.3 Å². The molecule has 0 saturated heterocycles. The predicted molar refractivity (Wildman–Crippen MR) is 125 cm³/mol. The third-order valence-corrected chi connectivity index (χ3v) is 5.28. The van der Waals surface area contributed by atoms with Crippen molar-refractivity contribution in [3.05, 3.63) is 89.7 Å². The smallest absolute Gasteiger partial charge is 0.340 e. The van der Waals surface area contributed by atoms with Crippen LogP contribution in [0.4, 0.5) is 4.39 Å². The zero-order valence-corrected chi connectivity index (χ0v) is 18.9. The molecular formula is C27H24FNO5. The Labute approximate surface area is 196 Å². The van der Waals surface area contributed by atoms with Gasteiger partial charge in [0, 0.05) is 23.8 Å². The standard InChI is InChI=1S/C27H24FNO5/c1-3-32-17-33-16-21-13-20(10-11-22(21)18-7-5-4-6-8-18)26-15-25(29-34-26)19-9-12-23(24(28)14-19)27(30)31-2/h4-15H,3,16-17H2,1-2H3. The van der Waals surface area contributed by atoms with Crippen LogP contribution in [0.5, 0.6) is 0 Å². The number of halogens is 1. The fourth-order valence-corrected chi connectivity index (χ4v) is 3.56. The number of hydrogen-bond donors (Lipinski definition) is 0. The number of carbonyl (C=O) groups is 1. The van der Waals surface area contributed by atoms with Crippen molar-refractivity contribution in [1.82, 2.24) is 5.16 Å². The quantitative estimate of drug-likeness (QED) is 0.170. The average molecular weight is 461 g/mol. The first kappa shape index (κ1) is 23.4. The van der Waals surface area contributed by atoms with Crippen LogP contribution in [0, 0.1) is 5.82 Å². The normalized spacial score (nSPS) is 10.9. The van der Waals surface area contributed by atoms with Crippen molar-refractivity contribution in [2.24, 2.45) is 0 Å². The van der Waals surface area contributed by atoms with Crippen LogP contribution < -0.4 is 0 Å². The van der Waals surface area contributed by atoms with E-state index in [0.29, 0.717) is 30.2 Å². The van der Waals surface area contributed by atoms with Crippen molar-refractivity contribution in [3.63, 3.8) is 0 Å². The molecule has 0 saturated carbocycles. The molecule has 1 aromatic heterocycles. The molecule has 0 radical (unpaired) electrons. The maximum absolute atomic E-state index is 14.4. The van der Waals surface area contributed by atoms with E-state index < -0.39 is 11.8 Å². The van der Waals surface area contributed by atoms with Crippen molar-refractivity contribution in [3.8, 4) is 33.7 Å². The van der Waals surface area contributed by atoms with Crippen molar-refractivity contribution >= 4 is 5.97 Å². The Bertz CT molecular complexity index is 1270. The number of nitrogens with zero attached hydrogens (tertiary/aromatic N) is 1. The summed E-state index contributed by atoms with van der Waals surface area (Å²) >= 11 is 0. The lowest BCUT2D eigenvalue weighted by Gasteiger charge is -2.12. The molecule has 0 amide bonds. The molecule has 0 N–H and O–H groups in total. The Balaban J connectivity index is 1.63. The fourth-order valence-electron chi connectivity index (χ4n) is 3.56. The van der Waals surface area contributed by atoms with Gasteiger partial charge in [-0.25, -0.2) is 9.18 Å². The first-order valence-corrected chi connectivity index (χ1v) is 10.8. The molecule has 174 valence electrons. The van der Waals surface area contributed by atoms with Crippen LogP contribution in [0.15, 0.2) is 77.3 Å². The lowest BCUT2D eigenvalue weighted by molar-refractivity contribution is -0.0570. The molecule has 4 aromatic rings. The average Bonchev–Trinajstić information content (AvgIpc) is 3.37. The van der Waals surface area contributed by atoms with E-state index in [-0.39, 0.29) is 12.4 Å². The molecule has 6 nitrogen and oxygen atoms in total. The van der Waals surface area contributed by atoms with Crippen LogP contribution in [-0.4, -0.2) is 31.6 Å². The van der Waals surface area contributed by atoms with Crippen molar-refractivity contribution < 1.29 is 27.9 Å². The summed E-state index contributed by atoms with van der Waals surface area (Å²) in [6.45, 7) is 3.05. The van der Waals surface area contributed by atoms with Crippen LogP contribution in [0.3, 0.4) is 0 Å². The first-order chi connectivity index (χ1) is 16.6. The molecule has 7 heteroatoms. The number of hydrogen-bond acceptors (Lipinski definition) is 6. The van der Waals surface area contributed by atoms with Gasteiger partial charge >= 0.3 is 5.97 Å². The van der Waals surface area contributed by atoms with Gasteiger partial charge in [0.15, 0.2) is 5.76 Å². The summed E-state index contributed by atoms with van der Waals surface area (Å²) in [4.78, 5) is 11.6. The van der Waals surface area contributed by atoms with Gasteiger partial charge in [-0.1, -0.05) is 53.7 Å². The minimum Gasteiger partial charge on any atom is -0.465 e. The Morgan fingerprint density at radius 1 is 0.941 bits per heavy atom. The van der Waals surface area contributed by atoms with Gasteiger partial charge in [0.25, 0.3) is 0 Å². The highest BCUT2D eigenvalue weighted by atomic mass is 19.1. The van der Waals surface area contributed by atoms with Crippen LogP contribution in [-0.2, 0) is 20.8 Å². The van der Waals surface area contributed by atoms with Gasteiger partial charge in [-0.05, 0) is 41.8 Å². The minimum absolute atomic E-state index is 0.136. The van der Waals surface area contributed by atoms with E-state index >= 15 is 0 Å². The fraction of sp³-hybridized carbons (Fsp3) is 0.185. The summed E-state index contributed by atoms with van der Waals surface area (Å²) < 4.78 is 35.5. The molecule has 0 unspecified atom stereocenters. The molecule has 0 bridgehead atoms. The molecule has 0 fully saturated rings. The highest BCUT2D eigenvalue weighted by Gasteiger charge is 2.16. The van der Waals surface area contributed by atoms with E-state index in [9.17, 15) is 9.18 Å². The number of rotatable bonds is 9. The molecule has 1 heterocycles. The largest absolute Gasteiger partial charge is 0.465 e. The SMILES string of the molecule is CCOCOCc1cc(-c2cc(-c3ccc(C(=O)OC)c(F)c3)no2)ccc1-c1ccccc1. The van der Waals surface area contributed by atoms with Crippen LogP contribution in [0.25, 0.3) is 33.7 Å². The molecule has 0 spiro atoms. The molecule has 0 atom stereocenters. The van der Waals surface area contributed by atoms with Gasteiger partial charge in [-0.2, -0.15) is 0 Å². The van der Waals surface area contributed by atoms with Gasteiger partial charge in [-0.3, -0.25) is 0 Å². The second-order valence-corrected chi connectivity index (χ2v) is 7.46. The van der Waals surface area contributed by atoms with Crippen LogP contribution in [0.2, 0.25) is 0 Å². The zero-order chi connectivity index (χ0) is 23.9. The Morgan fingerprint density at radius 2 is 1.74 bits per heavy atom. The lowest BCUT2D eigenvalue weighted by atomic mass is 9.97. The second kappa shape index (κ2) is 10.9. The van der Waals surface area contributed by atoms with Crippen molar-refractivity contribution in [2.45, 2.75) is 13.5 Å². The number of esters is 1. The van der Waals surface area contributed by atoms with E-state index in [2.05, 4.69) is 9.89 Å². The van der Waals surface area contributed by atoms with Gasteiger partial charge in [0.05, 0.1) is 19.3 Å². The topological polar surface area (TPSA) is 70.8 Å². The predicted octanol–water partition coefficient (Wildman–Crippen LogP) is 6.11. The Morgan fingerprint density at radius 3 is 2.47 bits per heavy atom. The second-order valence-electron chi connectivity index (χ2n) is 7.46. The lowest BCUT2D eigenvalue weighted by Crippen LogP contribution is -2.04. The number of aromatic nitrogens is 1. The highest BCUT2D eigenvalue weighted by molar-refractivity contribution is 5.90. The van der Waals surface area contributed by atoms with Crippen LogP contribution >= 0.6 is 0 Å². The van der Waals surface area contributed by atoms with Gasteiger partial charge in [-0.15, -0.1) is 0 Å². The molecule has 3 aromatic carbocycles. The maximum Gasteiger partial charge on any atom is 0.340 e. The van der Waals surface area contributed by atoms with E-state index in [4.69, 9.17) is 14.0 Å². The van der Waals surface area contributed by atoms with E-state index in [1.807, 2.05) is 55.5 Å². The Hall–Kier alpha value is -3.81. The van der Waals surface area contributed by atoms with E-state index in [1.165, 1.54) is 19.2 Å². The number of ether oxygens (including phenoxy) is 3. The summed E-state index contributed by atoms with van der Waals surface area (Å²) in [7, 11) is 1.21. The molecule has 0 aliphatic rings. The third-order valence-electron chi connectivity index (χ3n) is 5.28. The molecule has 4 rings (SSSR count). The molecule has 34 heavy (non-hydrogen) atoms. The molecule has 0 aliphatic heterocycles. The molecule has 0 aliphatic carbocycles. The first-order valence-electron chi connectivity index (χ1n) is 10.8. The summed E-state index contributed by atoms with van der Waals surface area (Å²) in [6.07, 6.45) is 0. The summed E-state index contributed by atoms with van der Waals surface area (Å²) in [6, 6.07) is 21.9. The summed E-state index contributed by atoms with van der Waals surface area (Å²) in [5.41, 5.74) is 4.69. The number of methoxy groups -OCH3 is 1. The monoisotopic (exact) mass is 461 g/mol. The van der Waals surface area contributed by atoms with Crippen molar-refractivity contribution in [2.75, 3.05) is 20.5 Å². The number of benzene rings is 3. The third kappa shape index (κ3) is 5.22. The summed E-state index contributed by atoms with van der Waals surface area (Å²) in [5.74, 6) is -0.893. The van der Waals surface area contributed by atoms with E-state index in [0.717, 1.165) is 22.3 Å². The van der Waals surface area contributed by atoms with Gasteiger partial charge in [0.2, 0.25) is 0 Å². The van der Waals surface area contributed by atoms with E-state index in [1.54, 1.807) is 12.1 Å². The van der Waals surface area contributed by atoms with Crippen molar-refractivity contribution in [1.29, 1.82) is 0 Å². The van der Waals surface area contributed by atoms with Gasteiger partial charge < -0.3 is 18.7 Å². The summed E-state index contributed by atoms with van der Waals surface area (Å²) in [5, 5.41) is 4.09. The Kier molecular flexibility index (Phi) is 7.47.